The van der Waals surface area contributed by atoms with Gasteiger partial charge < -0.3 is 5.32 Å². The third-order valence-electron chi connectivity index (χ3n) is 1.67. The zero-order valence-corrected chi connectivity index (χ0v) is 8.14. The van der Waals surface area contributed by atoms with Crippen molar-refractivity contribution in [1.29, 1.82) is 0 Å². The van der Waals surface area contributed by atoms with Crippen LogP contribution in [-0.2, 0) is 6.42 Å². The standard InChI is InChI=1S/C9H11ClN2O/c1-11-9(13)8-6-7(2-4-10)3-5-12-8/h3,5-6H,2,4H2,1H3,(H,11,13). The molecule has 0 aliphatic heterocycles. The first kappa shape index (κ1) is 9.99. The van der Waals surface area contributed by atoms with Crippen LogP contribution in [0.1, 0.15) is 16.1 Å². The van der Waals surface area contributed by atoms with Crippen LogP contribution in [0, 0.1) is 0 Å². The Morgan fingerprint density at radius 1 is 1.69 bits per heavy atom. The molecule has 0 saturated heterocycles. The number of halogens is 1. The predicted molar refractivity (Wildman–Crippen MR) is 52.1 cm³/mol. The highest BCUT2D eigenvalue weighted by molar-refractivity contribution is 6.18. The lowest BCUT2D eigenvalue weighted by molar-refractivity contribution is 0.0958. The van der Waals surface area contributed by atoms with Gasteiger partial charge in [0.15, 0.2) is 0 Å². The van der Waals surface area contributed by atoms with E-state index in [4.69, 9.17) is 11.6 Å². The SMILES string of the molecule is CNC(=O)c1cc(CCCl)ccn1. The van der Waals surface area contributed by atoms with Gasteiger partial charge in [0.2, 0.25) is 0 Å². The highest BCUT2D eigenvalue weighted by Crippen LogP contribution is 2.03. The molecule has 0 aromatic carbocycles. The molecule has 1 aromatic heterocycles. The van der Waals surface area contributed by atoms with E-state index in [9.17, 15) is 4.79 Å². The third-order valence-corrected chi connectivity index (χ3v) is 1.86. The van der Waals surface area contributed by atoms with Gasteiger partial charge in [0.1, 0.15) is 5.69 Å². The maximum atomic E-state index is 11.2. The second-order valence-electron chi connectivity index (χ2n) is 2.57. The summed E-state index contributed by atoms with van der Waals surface area (Å²) in [7, 11) is 1.58. The van der Waals surface area contributed by atoms with E-state index in [1.165, 1.54) is 0 Å². The van der Waals surface area contributed by atoms with Gasteiger partial charge in [0, 0.05) is 19.1 Å². The molecule has 1 N–H and O–H groups in total. The lowest BCUT2D eigenvalue weighted by Crippen LogP contribution is -2.19. The van der Waals surface area contributed by atoms with Crippen molar-refractivity contribution in [1.82, 2.24) is 10.3 Å². The summed E-state index contributed by atoms with van der Waals surface area (Å²) in [6.45, 7) is 0. The minimum absolute atomic E-state index is 0.170. The summed E-state index contributed by atoms with van der Waals surface area (Å²) >= 11 is 5.58. The van der Waals surface area contributed by atoms with E-state index in [0.717, 1.165) is 12.0 Å². The van der Waals surface area contributed by atoms with Crippen molar-refractivity contribution in [2.24, 2.45) is 0 Å². The van der Waals surface area contributed by atoms with Crippen molar-refractivity contribution in [3.63, 3.8) is 0 Å². The van der Waals surface area contributed by atoms with Crippen molar-refractivity contribution >= 4 is 17.5 Å². The molecule has 0 aliphatic carbocycles. The van der Waals surface area contributed by atoms with Crippen molar-refractivity contribution in [2.45, 2.75) is 6.42 Å². The van der Waals surface area contributed by atoms with Crippen molar-refractivity contribution in [3.05, 3.63) is 29.6 Å². The Hall–Kier alpha value is -1.09. The molecule has 13 heavy (non-hydrogen) atoms. The van der Waals surface area contributed by atoms with Crippen LogP contribution < -0.4 is 5.32 Å². The van der Waals surface area contributed by atoms with Crippen LogP contribution in [0.15, 0.2) is 18.3 Å². The minimum Gasteiger partial charge on any atom is -0.354 e. The Morgan fingerprint density at radius 2 is 2.46 bits per heavy atom. The molecule has 4 heteroatoms. The fraction of sp³-hybridized carbons (Fsp3) is 0.333. The number of carbonyl (C=O) groups is 1. The number of nitrogens with one attached hydrogen (secondary N) is 1. The quantitative estimate of drug-likeness (QED) is 0.743. The van der Waals surface area contributed by atoms with Crippen LogP contribution >= 0.6 is 11.6 Å². The molecule has 0 atom stereocenters. The monoisotopic (exact) mass is 198 g/mol. The molecule has 1 amide bonds. The molecule has 0 bridgehead atoms. The van der Waals surface area contributed by atoms with Crippen LogP contribution in [0.25, 0.3) is 0 Å². The Labute approximate surface area is 82.1 Å². The van der Waals surface area contributed by atoms with E-state index in [1.807, 2.05) is 6.07 Å². The van der Waals surface area contributed by atoms with Crippen molar-refractivity contribution < 1.29 is 4.79 Å². The number of aryl methyl sites for hydroxylation is 1. The normalized spacial score (nSPS) is 9.69. The number of alkyl halides is 1. The Balaban J connectivity index is 2.85. The van der Waals surface area contributed by atoms with Gasteiger partial charge in [-0.1, -0.05) is 0 Å². The first-order valence-electron chi connectivity index (χ1n) is 4.01. The first-order valence-corrected chi connectivity index (χ1v) is 4.54. The van der Waals surface area contributed by atoms with Crippen LogP contribution in [0.2, 0.25) is 0 Å². The predicted octanol–water partition coefficient (Wildman–Crippen LogP) is 1.22. The first-order chi connectivity index (χ1) is 6.27. The molecule has 0 spiro atoms. The molecule has 1 heterocycles. The molecule has 1 aromatic rings. The number of aromatic nitrogens is 1. The molecule has 70 valence electrons. The molecule has 3 nitrogen and oxygen atoms in total. The third kappa shape index (κ3) is 2.70. The van der Waals surface area contributed by atoms with Gasteiger partial charge in [0.05, 0.1) is 0 Å². The fourth-order valence-corrected chi connectivity index (χ4v) is 1.21. The molecule has 0 aliphatic rings. The number of hydrogen-bond donors (Lipinski definition) is 1. The van der Waals surface area contributed by atoms with Crippen LogP contribution in [0.5, 0.6) is 0 Å². The van der Waals surface area contributed by atoms with Crippen LogP contribution in [-0.4, -0.2) is 23.8 Å². The maximum absolute atomic E-state index is 11.2. The Morgan fingerprint density at radius 3 is 3.08 bits per heavy atom. The topological polar surface area (TPSA) is 42.0 Å². The lowest BCUT2D eigenvalue weighted by Gasteiger charge is -2.01. The minimum atomic E-state index is -0.170. The van der Waals surface area contributed by atoms with E-state index in [0.29, 0.717) is 11.6 Å². The largest absolute Gasteiger partial charge is 0.354 e. The maximum Gasteiger partial charge on any atom is 0.269 e. The van der Waals surface area contributed by atoms with Crippen molar-refractivity contribution in [3.8, 4) is 0 Å². The van der Waals surface area contributed by atoms with Gasteiger partial charge in [-0.25, -0.2) is 0 Å². The summed E-state index contributed by atoms with van der Waals surface area (Å²) in [6.07, 6.45) is 2.38. The summed E-state index contributed by atoms with van der Waals surface area (Å²) in [4.78, 5) is 15.1. The van der Waals surface area contributed by atoms with Gasteiger partial charge in [-0.05, 0) is 24.1 Å². The average molecular weight is 199 g/mol. The van der Waals surface area contributed by atoms with E-state index in [2.05, 4.69) is 10.3 Å². The van der Waals surface area contributed by atoms with Crippen molar-refractivity contribution in [2.75, 3.05) is 12.9 Å². The Kier molecular flexibility index (Phi) is 3.71. The number of carbonyl (C=O) groups excluding carboxylic acids is 1. The highest BCUT2D eigenvalue weighted by atomic mass is 35.5. The van der Waals surface area contributed by atoms with Gasteiger partial charge in [-0.3, -0.25) is 9.78 Å². The second kappa shape index (κ2) is 4.82. The number of nitrogens with zero attached hydrogens (tertiary/aromatic N) is 1. The van der Waals surface area contributed by atoms with E-state index in [-0.39, 0.29) is 5.91 Å². The highest BCUT2D eigenvalue weighted by Gasteiger charge is 2.04. The van der Waals surface area contributed by atoms with Gasteiger partial charge in [-0.15, -0.1) is 11.6 Å². The molecule has 0 radical (unpaired) electrons. The number of amides is 1. The van der Waals surface area contributed by atoms with Gasteiger partial charge in [0.25, 0.3) is 5.91 Å². The lowest BCUT2D eigenvalue weighted by atomic mass is 10.2. The summed E-state index contributed by atoms with van der Waals surface area (Å²) in [6, 6.07) is 3.61. The number of hydrogen-bond acceptors (Lipinski definition) is 2. The zero-order valence-electron chi connectivity index (χ0n) is 7.38. The molecule has 1 rings (SSSR count). The van der Waals surface area contributed by atoms with Gasteiger partial charge in [-0.2, -0.15) is 0 Å². The molecular weight excluding hydrogens is 188 g/mol. The molecular formula is C9H11ClN2O. The van der Waals surface area contributed by atoms with E-state index < -0.39 is 0 Å². The molecule has 0 saturated carbocycles. The number of pyridine rings is 1. The average Bonchev–Trinajstić information content (AvgIpc) is 2.18. The summed E-state index contributed by atoms with van der Waals surface area (Å²) in [5.74, 6) is 0.383. The molecule has 0 unspecified atom stereocenters. The number of rotatable bonds is 3. The van der Waals surface area contributed by atoms with Crippen LogP contribution in [0.3, 0.4) is 0 Å². The van der Waals surface area contributed by atoms with Gasteiger partial charge >= 0.3 is 0 Å². The van der Waals surface area contributed by atoms with E-state index >= 15 is 0 Å². The smallest absolute Gasteiger partial charge is 0.269 e. The second-order valence-corrected chi connectivity index (χ2v) is 2.95. The van der Waals surface area contributed by atoms with Crippen LogP contribution in [0.4, 0.5) is 0 Å². The van der Waals surface area contributed by atoms with E-state index in [1.54, 1.807) is 19.3 Å². The summed E-state index contributed by atoms with van der Waals surface area (Å²) < 4.78 is 0. The Bertz CT molecular complexity index is 301. The fourth-order valence-electron chi connectivity index (χ4n) is 0.991. The summed E-state index contributed by atoms with van der Waals surface area (Å²) in [5, 5.41) is 2.52. The molecule has 0 fully saturated rings. The summed E-state index contributed by atoms with van der Waals surface area (Å²) in [5.41, 5.74) is 1.47. The zero-order chi connectivity index (χ0) is 9.68.